The van der Waals surface area contributed by atoms with Crippen LogP contribution in [0.5, 0.6) is 11.5 Å². The number of hydrogen-bond acceptors (Lipinski definition) is 6. The first-order chi connectivity index (χ1) is 14.5. The molecule has 7 nitrogen and oxygen atoms in total. The van der Waals surface area contributed by atoms with Gasteiger partial charge in [-0.25, -0.2) is 0 Å². The molecule has 0 bridgehead atoms. The third kappa shape index (κ3) is 4.62. The van der Waals surface area contributed by atoms with Crippen molar-refractivity contribution < 1.29 is 18.8 Å². The number of nitrogens with one attached hydrogen (secondary N) is 1. The number of methoxy groups -OCH3 is 2. The second-order valence-corrected chi connectivity index (χ2v) is 7.23. The minimum absolute atomic E-state index is 0.109. The summed E-state index contributed by atoms with van der Waals surface area (Å²) in [6, 6.07) is 12.4. The van der Waals surface area contributed by atoms with E-state index in [-0.39, 0.29) is 11.8 Å². The average Bonchev–Trinajstić information content (AvgIpc) is 3.26. The van der Waals surface area contributed by atoms with Crippen molar-refractivity contribution in [2.24, 2.45) is 5.92 Å². The summed E-state index contributed by atoms with van der Waals surface area (Å²) in [7, 11) is 3.15. The van der Waals surface area contributed by atoms with E-state index in [1.165, 1.54) is 0 Å². The second kappa shape index (κ2) is 9.43. The summed E-state index contributed by atoms with van der Waals surface area (Å²) in [6.07, 6.45) is 0.840. The van der Waals surface area contributed by atoms with Gasteiger partial charge in [-0.05, 0) is 43.2 Å². The monoisotopic (exact) mass is 409 g/mol. The molecule has 0 saturated carbocycles. The lowest BCUT2D eigenvalue weighted by Gasteiger charge is -2.20. The summed E-state index contributed by atoms with van der Waals surface area (Å²) in [6.45, 7) is 6.08. The Morgan fingerprint density at radius 2 is 1.80 bits per heavy atom. The normalized spacial score (nSPS) is 12.8. The number of aromatic nitrogens is 2. The molecule has 1 amide bonds. The molecule has 3 rings (SSSR count). The second-order valence-electron chi connectivity index (χ2n) is 7.23. The van der Waals surface area contributed by atoms with Crippen molar-refractivity contribution in [3.8, 4) is 22.9 Å². The zero-order valence-corrected chi connectivity index (χ0v) is 17.9. The van der Waals surface area contributed by atoms with Gasteiger partial charge in [0.1, 0.15) is 6.04 Å². The van der Waals surface area contributed by atoms with Crippen LogP contribution in [0.15, 0.2) is 47.0 Å². The molecule has 1 aromatic heterocycles. The standard InChI is InChI=1S/C23H27N3O4/c1-6-15(3)20(24-22(27)16-9-7-14(2)8-10-16)23-25-21(26-30-23)17-11-12-18(28-4)19(13-17)29-5/h7-13,15,20H,6H2,1-5H3,(H,24,27)/t15-,20+/m0/s1. The summed E-state index contributed by atoms with van der Waals surface area (Å²) in [5, 5.41) is 7.16. The summed E-state index contributed by atoms with van der Waals surface area (Å²) < 4.78 is 16.2. The summed E-state index contributed by atoms with van der Waals surface area (Å²) in [4.78, 5) is 17.3. The van der Waals surface area contributed by atoms with Crippen LogP contribution < -0.4 is 14.8 Å². The highest BCUT2D eigenvalue weighted by Gasteiger charge is 2.27. The van der Waals surface area contributed by atoms with Crippen molar-refractivity contribution in [2.45, 2.75) is 33.2 Å². The third-order valence-corrected chi connectivity index (χ3v) is 5.16. The quantitative estimate of drug-likeness (QED) is 0.586. The van der Waals surface area contributed by atoms with Crippen molar-refractivity contribution >= 4 is 5.91 Å². The Bertz CT molecular complexity index is 998. The van der Waals surface area contributed by atoms with E-state index in [4.69, 9.17) is 14.0 Å². The summed E-state index contributed by atoms with van der Waals surface area (Å²) in [5.41, 5.74) is 2.42. The first kappa shape index (κ1) is 21.4. The van der Waals surface area contributed by atoms with E-state index >= 15 is 0 Å². The molecule has 7 heteroatoms. The molecule has 1 heterocycles. The van der Waals surface area contributed by atoms with Crippen molar-refractivity contribution in [1.29, 1.82) is 0 Å². The number of benzene rings is 2. The highest BCUT2D eigenvalue weighted by atomic mass is 16.5. The van der Waals surface area contributed by atoms with E-state index in [1.807, 2.05) is 32.0 Å². The highest BCUT2D eigenvalue weighted by molar-refractivity contribution is 5.94. The largest absolute Gasteiger partial charge is 0.493 e. The number of rotatable bonds is 8. The van der Waals surface area contributed by atoms with Crippen LogP contribution in [0.1, 0.15) is 48.1 Å². The van der Waals surface area contributed by atoms with Crippen molar-refractivity contribution in [1.82, 2.24) is 15.5 Å². The molecule has 0 radical (unpaired) electrons. The van der Waals surface area contributed by atoms with Crippen LogP contribution in [-0.2, 0) is 0 Å². The van der Waals surface area contributed by atoms with E-state index in [0.29, 0.717) is 28.8 Å². The molecule has 1 N–H and O–H groups in total. The number of aryl methyl sites for hydroxylation is 1. The van der Waals surface area contributed by atoms with Crippen LogP contribution >= 0.6 is 0 Å². The van der Waals surface area contributed by atoms with E-state index < -0.39 is 6.04 Å². The lowest BCUT2D eigenvalue weighted by Crippen LogP contribution is -2.32. The van der Waals surface area contributed by atoms with Gasteiger partial charge in [0.05, 0.1) is 14.2 Å². The van der Waals surface area contributed by atoms with E-state index in [9.17, 15) is 4.79 Å². The zero-order valence-electron chi connectivity index (χ0n) is 17.9. The predicted molar refractivity (Wildman–Crippen MR) is 114 cm³/mol. The van der Waals surface area contributed by atoms with Gasteiger partial charge in [-0.2, -0.15) is 4.98 Å². The van der Waals surface area contributed by atoms with Crippen LogP contribution in [0.25, 0.3) is 11.4 Å². The smallest absolute Gasteiger partial charge is 0.251 e. The molecule has 0 saturated heterocycles. The maximum Gasteiger partial charge on any atom is 0.251 e. The number of ether oxygens (including phenoxy) is 2. The summed E-state index contributed by atoms with van der Waals surface area (Å²) in [5.74, 6) is 1.92. The molecular weight excluding hydrogens is 382 g/mol. The molecule has 30 heavy (non-hydrogen) atoms. The van der Waals surface area contributed by atoms with E-state index in [1.54, 1.807) is 38.5 Å². The maximum atomic E-state index is 12.8. The number of carbonyl (C=O) groups excluding carboxylic acids is 1. The lowest BCUT2D eigenvalue weighted by atomic mass is 9.98. The van der Waals surface area contributed by atoms with Crippen molar-refractivity contribution in [2.75, 3.05) is 14.2 Å². The van der Waals surface area contributed by atoms with E-state index in [2.05, 4.69) is 22.4 Å². The Morgan fingerprint density at radius 1 is 1.10 bits per heavy atom. The summed E-state index contributed by atoms with van der Waals surface area (Å²) >= 11 is 0. The Balaban J connectivity index is 1.86. The molecule has 2 aromatic carbocycles. The number of carbonyl (C=O) groups is 1. The molecule has 0 spiro atoms. The van der Waals surface area contributed by atoms with Crippen LogP contribution in [0.4, 0.5) is 0 Å². The van der Waals surface area contributed by atoms with Crippen LogP contribution in [0.3, 0.4) is 0 Å². The van der Waals surface area contributed by atoms with Gasteiger partial charge >= 0.3 is 0 Å². The third-order valence-electron chi connectivity index (χ3n) is 5.16. The van der Waals surface area contributed by atoms with Gasteiger partial charge in [0.15, 0.2) is 11.5 Å². The number of nitrogens with zero attached hydrogens (tertiary/aromatic N) is 2. The van der Waals surface area contributed by atoms with Gasteiger partial charge in [0.2, 0.25) is 11.7 Å². The fourth-order valence-electron chi connectivity index (χ4n) is 3.07. The minimum atomic E-state index is -0.398. The molecular formula is C23H27N3O4. The molecule has 158 valence electrons. The fourth-order valence-corrected chi connectivity index (χ4v) is 3.07. The van der Waals surface area contributed by atoms with Crippen molar-refractivity contribution in [3.63, 3.8) is 0 Å². The molecule has 0 aliphatic carbocycles. The first-order valence-corrected chi connectivity index (χ1v) is 9.90. The Morgan fingerprint density at radius 3 is 2.43 bits per heavy atom. The lowest BCUT2D eigenvalue weighted by molar-refractivity contribution is 0.0910. The molecule has 2 atom stereocenters. The zero-order chi connectivity index (χ0) is 21.7. The van der Waals surface area contributed by atoms with Gasteiger partial charge in [-0.1, -0.05) is 43.1 Å². The topological polar surface area (TPSA) is 86.5 Å². The molecule has 0 fully saturated rings. The Labute approximate surface area is 176 Å². The SMILES string of the molecule is CC[C@H](C)[C@@H](NC(=O)c1ccc(C)cc1)c1nc(-c2ccc(OC)c(OC)c2)no1. The van der Waals surface area contributed by atoms with Gasteiger partial charge in [-0.3, -0.25) is 4.79 Å². The van der Waals surface area contributed by atoms with Gasteiger partial charge in [-0.15, -0.1) is 0 Å². The van der Waals surface area contributed by atoms with E-state index in [0.717, 1.165) is 17.5 Å². The van der Waals surface area contributed by atoms with Gasteiger partial charge < -0.3 is 19.3 Å². The molecule has 3 aromatic rings. The molecule has 0 unspecified atom stereocenters. The van der Waals surface area contributed by atoms with Crippen LogP contribution in [-0.4, -0.2) is 30.3 Å². The maximum absolute atomic E-state index is 12.8. The van der Waals surface area contributed by atoms with Crippen LogP contribution in [0, 0.1) is 12.8 Å². The predicted octanol–water partition coefficient (Wildman–Crippen LogP) is 4.58. The van der Waals surface area contributed by atoms with Crippen molar-refractivity contribution in [3.05, 3.63) is 59.5 Å². The first-order valence-electron chi connectivity index (χ1n) is 9.90. The highest BCUT2D eigenvalue weighted by Crippen LogP contribution is 2.32. The fraction of sp³-hybridized carbons (Fsp3) is 0.348. The Hall–Kier alpha value is -3.35. The minimum Gasteiger partial charge on any atom is -0.493 e. The van der Waals surface area contributed by atoms with Gasteiger partial charge in [0.25, 0.3) is 5.91 Å². The molecule has 0 aliphatic rings. The van der Waals surface area contributed by atoms with Gasteiger partial charge in [0, 0.05) is 11.1 Å². The number of hydrogen-bond donors (Lipinski definition) is 1. The average molecular weight is 409 g/mol. The molecule has 0 aliphatic heterocycles. The van der Waals surface area contributed by atoms with Crippen LogP contribution in [0.2, 0.25) is 0 Å². The number of amides is 1. The Kier molecular flexibility index (Phi) is 6.72.